The van der Waals surface area contributed by atoms with Crippen LogP contribution in [-0.4, -0.2) is 69.6 Å². The number of pyridine rings is 2. The summed E-state index contributed by atoms with van der Waals surface area (Å²) in [6.07, 6.45) is 8.72. The van der Waals surface area contributed by atoms with E-state index in [1.165, 1.54) is 9.47 Å². The number of carbonyl (C=O) groups excluding carboxylic acids is 1. The Balaban J connectivity index is 1.46. The zero-order valence-electron chi connectivity index (χ0n) is 24.9. The van der Waals surface area contributed by atoms with Gasteiger partial charge >= 0.3 is 0 Å². The lowest BCUT2D eigenvalue weighted by Crippen LogP contribution is -2.40. The number of aliphatic hydroxyl groups excluding tert-OH is 1. The summed E-state index contributed by atoms with van der Waals surface area (Å²) in [6, 6.07) is 3.35. The second-order valence-electron chi connectivity index (χ2n) is 11.2. The number of hydrogen-bond acceptors (Lipinski definition) is 7. The molecule has 1 saturated heterocycles. The Morgan fingerprint density at radius 2 is 2.12 bits per heavy atom. The second-order valence-corrected chi connectivity index (χ2v) is 11.2. The van der Waals surface area contributed by atoms with Crippen molar-refractivity contribution in [1.82, 2.24) is 24.3 Å². The van der Waals surface area contributed by atoms with Gasteiger partial charge in [0.25, 0.3) is 5.56 Å². The van der Waals surface area contributed by atoms with Crippen LogP contribution in [0.2, 0.25) is 0 Å². The number of aliphatic hydroxyl groups is 1. The molecule has 0 radical (unpaired) electrons. The highest BCUT2D eigenvalue weighted by Gasteiger charge is 2.24. The number of halogens is 1. The third-order valence-electron chi connectivity index (χ3n) is 8.23. The molecular weight excluding hydrogens is 551 g/mol. The number of fused-ring (bicyclic) bond motifs is 1. The van der Waals surface area contributed by atoms with Gasteiger partial charge in [0.1, 0.15) is 23.2 Å². The predicted octanol–water partition coefficient (Wildman–Crippen LogP) is 2.14. The molecule has 5 heterocycles. The number of amides is 1. The molecule has 5 rings (SSSR count). The van der Waals surface area contributed by atoms with Gasteiger partial charge in [-0.05, 0) is 50.9 Å². The van der Waals surface area contributed by atoms with Crippen molar-refractivity contribution in [3.8, 4) is 11.1 Å². The number of nitrogens with one attached hydrogen (secondary N) is 1. The number of anilines is 1. The largest absolute Gasteiger partial charge is 0.392 e. The van der Waals surface area contributed by atoms with Crippen LogP contribution >= 0.6 is 0 Å². The van der Waals surface area contributed by atoms with Gasteiger partial charge in [-0.1, -0.05) is 0 Å². The number of carbonyl (C=O) groups is 1. The van der Waals surface area contributed by atoms with Gasteiger partial charge in [-0.3, -0.25) is 19.4 Å². The van der Waals surface area contributed by atoms with Gasteiger partial charge in [-0.2, -0.15) is 0 Å². The van der Waals surface area contributed by atoms with Crippen LogP contribution < -0.4 is 21.5 Å². The minimum atomic E-state index is -0.397. The summed E-state index contributed by atoms with van der Waals surface area (Å²) in [5.41, 5.74) is 10.8. The van der Waals surface area contributed by atoms with Gasteiger partial charge in [0, 0.05) is 92.7 Å². The lowest BCUT2D eigenvalue weighted by molar-refractivity contribution is -0.107. The summed E-state index contributed by atoms with van der Waals surface area (Å²) in [5, 5.41) is 13.8. The molecule has 1 amide bonds. The van der Waals surface area contributed by atoms with E-state index in [1.807, 2.05) is 11.6 Å². The van der Waals surface area contributed by atoms with Crippen LogP contribution in [0, 0.1) is 12.7 Å². The second kappa shape index (κ2) is 12.9. The fourth-order valence-corrected chi connectivity index (χ4v) is 6.02. The average molecular weight is 591 g/mol. The Morgan fingerprint density at radius 1 is 1.30 bits per heavy atom. The summed E-state index contributed by atoms with van der Waals surface area (Å²) in [5.74, 6) is 0.335. The third-order valence-corrected chi connectivity index (χ3v) is 8.23. The molecule has 1 fully saturated rings. The number of nitrogens with zero attached hydrogens (tertiary/aromatic N) is 6. The molecule has 228 valence electrons. The smallest absolute Gasteiger partial charge is 0.276 e. The Hall–Kier alpha value is -4.29. The fraction of sp³-hybridized carbons (Fsp3) is 0.419. The van der Waals surface area contributed by atoms with Gasteiger partial charge in [0.2, 0.25) is 6.41 Å². The molecule has 2 aliphatic heterocycles. The van der Waals surface area contributed by atoms with Crippen molar-refractivity contribution >= 4 is 23.8 Å². The number of rotatable bonds is 9. The van der Waals surface area contributed by atoms with E-state index in [4.69, 9.17) is 5.73 Å². The van der Waals surface area contributed by atoms with E-state index in [0.717, 1.165) is 49.6 Å². The number of aliphatic imine (C=N–C) groups is 1. The molecule has 11 nitrogen and oxygen atoms in total. The van der Waals surface area contributed by atoms with E-state index < -0.39 is 6.61 Å². The number of nitrogens with two attached hydrogens (primary N) is 1. The van der Waals surface area contributed by atoms with E-state index in [2.05, 4.69) is 20.2 Å². The minimum Gasteiger partial charge on any atom is -0.392 e. The maximum atomic E-state index is 14.9. The van der Waals surface area contributed by atoms with E-state index >= 15 is 0 Å². The highest BCUT2D eigenvalue weighted by Crippen LogP contribution is 2.32. The molecule has 4 N–H and O–H groups in total. The zero-order valence-corrected chi connectivity index (χ0v) is 24.9. The van der Waals surface area contributed by atoms with E-state index in [0.29, 0.717) is 53.9 Å². The molecule has 2 aliphatic rings. The first-order chi connectivity index (χ1) is 20.7. The normalized spacial score (nSPS) is 16.7. The fourth-order valence-electron chi connectivity index (χ4n) is 6.02. The Morgan fingerprint density at radius 3 is 2.86 bits per heavy atom. The lowest BCUT2D eigenvalue weighted by atomic mass is 10.0. The van der Waals surface area contributed by atoms with Crippen LogP contribution in [-0.2, 0) is 37.8 Å². The number of piperazine rings is 1. The highest BCUT2D eigenvalue weighted by molar-refractivity contribution is 5.94. The standard InChI is InChI=1S/C31H39FN8O3/c1-20-26(40-11-5-4-6-27(40)29(20)32)8-12-39(19-42)30-24(18-41)23(7-9-35-30)21-14-25(31(43)38(3)16-21)36-28(33)15-22-17-37(2)13-10-34-22/h7,9,14-16,19,34,41H,4-6,8,10-13,17-18H2,1-3H3,(H2,33,36)/b22-15-. The first-order valence-corrected chi connectivity index (χ1v) is 14.6. The van der Waals surface area contributed by atoms with Crippen LogP contribution in [0.1, 0.15) is 35.4 Å². The Kier molecular flexibility index (Phi) is 9.07. The first-order valence-electron chi connectivity index (χ1n) is 14.6. The van der Waals surface area contributed by atoms with Gasteiger partial charge < -0.3 is 25.3 Å². The van der Waals surface area contributed by atoms with Crippen molar-refractivity contribution in [1.29, 1.82) is 0 Å². The summed E-state index contributed by atoms with van der Waals surface area (Å²) >= 11 is 0. The number of likely N-dealkylation sites (N-methyl/N-ethyl adjacent to an activating group) is 1. The molecule has 0 aromatic carbocycles. The van der Waals surface area contributed by atoms with Gasteiger partial charge in [0.15, 0.2) is 0 Å². The van der Waals surface area contributed by atoms with Crippen LogP contribution in [0.5, 0.6) is 0 Å². The van der Waals surface area contributed by atoms with Crippen molar-refractivity contribution in [3.05, 3.63) is 75.0 Å². The summed E-state index contributed by atoms with van der Waals surface area (Å²) in [4.78, 5) is 37.7. The summed E-state index contributed by atoms with van der Waals surface area (Å²) < 4.78 is 18.4. The SMILES string of the molecule is Cc1c(F)c2n(c1CCN(C=O)c1nccc(-c3cc(N=C(N)/C=C4/CN(C)CCN4)c(=O)n(C)c3)c1CO)CCCC2. The number of hydrogen-bond donors (Lipinski definition) is 3. The number of aryl methyl sites for hydroxylation is 1. The topological polar surface area (TPSA) is 134 Å². The lowest BCUT2D eigenvalue weighted by Gasteiger charge is -2.25. The van der Waals surface area contributed by atoms with Gasteiger partial charge in [-0.25, -0.2) is 14.4 Å². The number of amidine groups is 1. The molecule has 0 spiro atoms. The number of aromatic nitrogens is 3. The average Bonchev–Trinajstić information content (AvgIpc) is 3.24. The van der Waals surface area contributed by atoms with Crippen LogP contribution in [0.3, 0.4) is 0 Å². The molecule has 0 atom stereocenters. The predicted molar refractivity (Wildman–Crippen MR) is 165 cm³/mol. The monoisotopic (exact) mass is 590 g/mol. The molecule has 0 aliphatic carbocycles. The maximum Gasteiger partial charge on any atom is 0.276 e. The van der Waals surface area contributed by atoms with Crippen molar-refractivity contribution in [2.75, 3.05) is 38.1 Å². The molecule has 0 unspecified atom stereocenters. The van der Waals surface area contributed by atoms with Crippen molar-refractivity contribution in [2.24, 2.45) is 17.8 Å². The highest BCUT2D eigenvalue weighted by atomic mass is 19.1. The maximum absolute atomic E-state index is 14.9. The third kappa shape index (κ3) is 6.25. The Labute approximate surface area is 250 Å². The van der Waals surface area contributed by atoms with E-state index in [-0.39, 0.29) is 29.4 Å². The quantitative estimate of drug-likeness (QED) is 0.198. The van der Waals surface area contributed by atoms with E-state index in [1.54, 1.807) is 44.6 Å². The molecule has 3 aromatic heterocycles. The summed E-state index contributed by atoms with van der Waals surface area (Å²) in [7, 11) is 3.64. The van der Waals surface area contributed by atoms with Crippen molar-refractivity contribution in [3.63, 3.8) is 0 Å². The molecular formula is C31H39FN8O3. The van der Waals surface area contributed by atoms with Crippen molar-refractivity contribution in [2.45, 2.75) is 45.8 Å². The Bertz CT molecular complexity index is 1640. The van der Waals surface area contributed by atoms with Crippen LogP contribution in [0.4, 0.5) is 15.9 Å². The minimum absolute atomic E-state index is 0.142. The van der Waals surface area contributed by atoms with Gasteiger partial charge in [0.05, 0.1) is 12.3 Å². The summed E-state index contributed by atoms with van der Waals surface area (Å²) in [6.45, 7) is 4.82. The molecule has 12 heteroatoms. The molecule has 0 saturated carbocycles. The zero-order chi connectivity index (χ0) is 30.7. The molecule has 43 heavy (non-hydrogen) atoms. The van der Waals surface area contributed by atoms with Gasteiger partial charge in [-0.15, -0.1) is 0 Å². The van der Waals surface area contributed by atoms with Crippen LogP contribution in [0.25, 0.3) is 11.1 Å². The van der Waals surface area contributed by atoms with Crippen LogP contribution in [0.15, 0.2) is 46.1 Å². The van der Waals surface area contributed by atoms with Crippen molar-refractivity contribution < 1.29 is 14.3 Å². The first kappa shape index (κ1) is 30.2. The van der Waals surface area contributed by atoms with E-state index in [9.17, 15) is 19.1 Å². The molecule has 0 bridgehead atoms. The molecule has 3 aromatic rings.